The summed E-state index contributed by atoms with van der Waals surface area (Å²) in [6.45, 7) is 5.56. The summed E-state index contributed by atoms with van der Waals surface area (Å²) in [6, 6.07) is 0. The van der Waals surface area contributed by atoms with Gasteiger partial charge in [-0.3, -0.25) is 0 Å². The zero-order valence-electron chi connectivity index (χ0n) is 9.02. The Morgan fingerprint density at radius 3 is 2.53 bits per heavy atom. The fourth-order valence-electron chi connectivity index (χ4n) is 0.827. The van der Waals surface area contributed by atoms with Gasteiger partial charge in [-0.25, -0.2) is 9.59 Å². The molecule has 0 aliphatic carbocycles. The van der Waals surface area contributed by atoms with Crippen molar-refractivity contribution in [3.63, 3.8) is 0 Å². The van der Waals surface area contributed by atoms with Crippen LogP contribution in [0.5, 0.6) is 0 Å². The number of esters is 2. The van der Waals surface area contributed by atoms with E-state index in [9.17, 15) is 9.59 Å². The monoisotopic (exact) mass is 216 g/mol. The lowest BCUT2D eigenvalue weighted by Crippen LogP contribution is -2.35. The normalized spacial score (nSPS) is 11.6. The van der Waals surface area contributed by atoms with Crippen LogP contribution >= 0.6 is 0 Å². The standard InChI is InChI=1S/C10H16O5/c1-4-6-7-15-8(9(11)13-3)10(12)14-5-2/h4,8H,1,5-7H2,2-3H3. The van der Waals surface area contributed by atoms with Crippen LogP contribution in [0.3, 0.4) is 0 Å². The van der Waals surface area contributed by atoms with E-state index in [1.54, 1.807) is 13.0 Å². The Hall–Kier alpha value is -1.36. The average Bonchev–Trinajstić information content (AvgIpc) is 2.23. The molecule has 0 radical (unpaired) electrons. The van der Waals surface area contributed by atoms with Gasteiger partial charge in [0, 0.05) is 0 Å². The molecule has 15 heavy (non-hydrogen) atoms. The molecule has 0 saturated heterocycles. The Morgan fingerprint density at radius 2 is 2.07 bits per heavy atom. The topological polar surface area (TPSA) is 61.8 Å². The molecule has 0 heterocycles. The maximum atomic E-state index is 11.3. The molecule has 0 aromatic rings. The van der Waals surface area contributed by atoms with Crippen LogP contribution < -0.4 is 0 Å². The highest BCUT2D eigenvalue weighted by atomic mass is 16.6. The van der Waals surface area contributed by atoms with Crippen molar-refractivity contribution >= 4 is 11.9 Å². The first-order valence-corrected chi connectivity index (χ1v) is 4.64. The van der Waals surface area contributed by atoms with Crippen LogP contribution in [0.1, 0.15) is 13.3 Å². The van der Waals surface area contributed by atoms with E-state index in [1.165, 1.54) is 7.11 Å². The van der Waals surface area contributed by atoms with E-state index in [1.807, 2.05) is 0 Å². The van der Waals surface area contributed by atoms with Gasteiger partial charge in [-0.05, 0) is 13.3 Å². The summed E-state index contributed by atoms with van der Waals surface area (Å²) in [5.74, 6) is -1.48. The van der Waals surface area contributed by atoms with E-state index in [4.69, 9.17) is 4.74 Å². The van der Waals surface area contributed by atoms with Crippen molar-refractivity contribution in [1.29, 1.82) is 0 Å². The molecule has 0 amide bonds. The molecule has 1 atom stereocenters. The Balaban J connectivity index is 4.23. The van der Waals surface area contributed by atoms with Crippen LogP contribution in [-0.2, 0) is 23.8 Å². The average molecular weight is 216 g/mol. The molecule has 5 nitrogen and oxygen atoms in total. The molecule has 0 aliphatic rings. The Morgan fingerprint density at radius 1 is 1.40 bits per heavy atom. The minimum absolute atomic E-state index is 0.192. The molecule has 0 rings (SSSR count). The van der Waals surface area contributed by atoms with E-state index in [-0.39, 0.29) is 13.2 Å². The Labute approximate surface area is 89.0 Å². The van der Waals surface area contributed by atoms with Crippen molar-refractivity contribution in [3.8, 4) is 0 Å². The van der Waals surface area contributed by atoms with Gasteiger partial charge >= 0.3 is 11.9 Å². The number of ether oxygens (including phenoxy) is 3. The Bertz CT molecular complexity index is 224. The highest BCUT2D eigenvalue weighted by Crippen LogP contribution is 2.00. The minimum atomic E-state index is -1.30. The Kier molecular flexibility index (Phi) is 7.27. The lowest BCUT2D eigenvalue weighted by molar-refractivity contribution is -0.171. The van der Waals surface area contributed by atoms with Gasteiger partial charge in [0.2, 0.25) is 0 Å². The summed E-state index contributed by atoms with van der Waals surface area (Å²) in [4.78, 5) is 22.4. The second-order valence-electron chi connectivity index (χ2n) is 2.60. The fraction of sp³-hybridized carbons (Fsp3) is 0.600. The number of carbonyl (C=O) groups excluding carboxylic acids is 2. The first-order valence-electron chi connectivity index (χ1n) is 4.64. The van der Waals surface area contributed by atoms with Crippen molar-refractivity contribution in [2.45, 2.75) is 19.4 Å². The van der Waals surface area contributed by atoms with Crippen molar-refractivity contribution in [2.24, 2.45) is 0 Å². The summed E-state index contributed by atoms with van der Waals surface area (Å²) < 4.78 is 14.1. The van der Waals surface area contributed by atoms with Crippen LogP contribution in [0.4, 0.5) is 0 Å². The predicted octanol–water partition coefficient (Wildman–Crippen LogP) is 0.684. The van der Waals surface area contributed by atoms with Gasteiger partial charge in [-0.1, -0.05) is 6.08 Å². The van der Waals surface area contributed by atoms with E-state index < -0.39 is 18.0 Å². The number of hydrogen-bond acceptors (Lipinski definition) is 5. The maximum Gasteiger partial charge on any atom is 0.347 e. The number of methoxy groups -OCH3 is 1. The lowest BCUT2D eigenvalue weighted by atomic mass is 10.3. The molecular formula is C10H16O5. The van der Waals surface area contributed by atoms with Crippen LogP contribution in [0.2, 0.25) is 0 Å². The minimum Gasteiger partial charge on any atom is -0.467 e. The van der Waals surface area contributed by atoms with Crippen LogP contribution in [0.25, 0.3) is 0 Å². The van der Waals surface area contributed by atoms with E-state index in [0.29, 0.717) is 6.42 Å². The van der Waals surface area contributed by atoms with E-state index >= 15 is 0 Å². The van der Waals surface area contributed by atoms with Gasteiger partial charge in [0.05, 0.1) is 20.3 Å². The molecule has 0 saturated carbocycles. The highest BCUT2D eigenvalue weighted by molar-refractivity contribution is 5.97. The molecule has 0 fully saturated rings. The zero-order chi connectivity index (χ0) is 11.7. The molecule has 0 aliphatic heterocycles. The fourth-order valence-corrected chi connectivity index (χ4v) is 0.827. The van der Waals surface area contributed by atoms with Crippen LogP contribution in [-0.4, -0.2) is 38.4 Å². The quantitative estimate of drug-likeness (QED) is 0.271. The molecule has 0 N–H and O–H groups in total. The van der Waals surface area contributed by atoms with Gasteiger partial charge in [-0.2, -0.15) is 0 Å². The molecule has 0 aromatic heterocycles. The summed E-state index contributed by atoms with van der Waals surface area (Å²) in [5.41, 5.74) is 0. The summed E-state index contributed by atoms with van der Waals surface area (Å²) in [7, 11) is 1.19. The van der Waals surface area contributed by atoms with Crippen LogP contribution in [0.15, 0.2) is 12.7 Å². The number of hydrogen-bond donors (Lipinski definition) is 0. The third kappa shape index (κ3) is 5.17. The van der Waals surface area contributed by atoms with Gasteiger partial charge in [-0.15, -0.1) is 6.58 Å². The molecule has 86 valence electrons. The van der Waals surface area contributed by atoms with Gasteiger partial charge in [0.15, 0.2) is 0 Å². The molecule has 0 bridgehead atoms. The SMILES string of the molecule is C=CCCOC(C(=O)OC)C(=O)OCC. The molecular weight excluding hydrogens is 200 g/mol. The van der Waals surface area contributed by atoms with Crippen LogP contribution in [0, 0.1) is 0 Å². The predicted molar refractivity (Wildman–Crippen MR) is 53.2 cm³/mol. The summed E-state index contributed by atoms with van der Waals surface area (Å²) >= 11 is 0. The maximum absolute atomic E-state index is 11.3. The third-order valence-electron chi connectivity index (χ3n) is 1.52. The largest absolute Gasteiger partial charge is 0.467 e. The lowest BCUT2D eigenvalue weighted by Gasteiger charge is -2.13. The van der Waals surface area contributed by atoms with Crippen molar-refractivity contribution in [1.82, 2.24) is 0 Å². The zero-order valence-corrected chi connectivity index (χ0v) is 9.02. The summed E-state index contributed by atoms with van der Waals surface area (Å²) in [5, 5.41) is 0. The third-order valence-corrected chi connectivity index (χ3v) is 1.52. The smallest absolute Gasteiger partial charge is 0.347 e. The van der Waals surface area contributed by atoms with E-state index in [0.717, 1.165) is 0 Å². The first-order chi connectivity index (χ1) is 7.17. The summed E-state index contributed by atoms with van der Waals surface area (Å²) in [6.07, 6.45) is 0.877. The second kappa shape index (κ2) is 7.99. The molecule has 0 spiro atoms. The second-order valence-corrected chi connectivity index (χ2v) is 2.60. The van der Waals surface area contributed by atoms with Crippen molar-refractivity contribution in [3.05, 3.63) is 12.7 Å². The van der Waals surface area contributed by atoms with Crippen molar-refractivity contribution < 1.29 is 23.8 Å². The number of carbonyl (C=O) groups is 2. The van der Waals surface area contributed by atoms with E-state index in [2.05, 4.69) is 16.1 Å². The van der Waals surface area contributed by atoms with Gasteiger partial charge < -0.3 is 14.2 Å². The first kappa shape index (κ1) is 13.6. The van der Waals surface area contributed by atoms with Gasteiger partial charge in [0.1, 0.15) is 0 Å². The molecule has 5 heteroatoms. The highest BCUT2D eigenvalue weighted by Gasteiger charge is 2.29. The molecule has 0 aromatic carbocycles. The van der Waals surface area contributed by atoms with Gasteiger partial charge in [0.25, 0.3) is 6.10 Å². The number of rotatable bonds is 7. The van der Waals surface area contributed by atoms with Crippen molar-refractivity contribution in [2.75, 3.05) is 20.3 Å². The molecule has 1 unspecified atom stereocenters.